The summed E-state index contributed by atoms with van der Waals surface area (Å²) in [5.41, 5.74) is 0. The van der Waals surface area contributed by atoms with Crippen LogP contribution in [-0.4, -0.2) is 12.7 Å². The molecule has 0 spiro atoms. The van der Waals surface area contributed by atoms with Crippen LogP contribution in [0, 0.1) is 0 Å². The van der Waals surface area contributed by atoms with Crippen LogP contribution in [0.4, 0.5) is 0 Å². The first kappa shape index (κ1) is 6.31. The maximum absolute atomic E-state index is 4.86. The average molecular weight is 106 g/mol. The molecule has 0 saturated carbocycles. The first-order chi connectivity index (χ1) is 2.43. The number of hydrogen-bond donors (Lipinski definition) is 0. The summed E-state index contributed by atoms with van der Waals surface area (Å²) in [7, 11) is 0. The van der Waals surface area contributed by atoms with E-state index in [2.05, 4.69) is 6.92 Å². The Morgan fingerprint density at radius 3 is 2.33 bits per heavy atom. The summed E-state index contributed by atoms with van der Waals surface area (Å²) in [6, 6.07) is 0. The molecule has 0 radical (unpaired) electrons. The molecule has 0 amide bonds. The number of epoxide rings is 1. The predicted octanol–water partition coefficient (Wildman–Crippen LogP) is 0.908. The van der Waals surface area contributed by atoms with Crippen LogP contribution in [0.25, 0.3) is 0 Å². The summed E-state index contributed by atoms with van der Waals surface area (Å²) in [6.45, 7) is 3.15. The second-order valence-corrected chi connectivity index (χ2v) is 1.36. The fourth-order valence-corrected chi connectivity index (χ4v) is 0.304. The standard InChI is InChI=1S/C4H8O.H2S/c1-2-4-3-5-4;/h4H,2-3H2,1H3;1H2/t4-;/m0./s1. The van der Waals surface area contributed by atoms with E-state index in [1.807, 2.05) is 0 Å². The van der Waals surface area contributed by atoms with Gasteiger partial charge in [-0.3, -0.25) is 0 Å². The van der Waals surface area contributed by atoms with Crippen LogP contribution < -0.4 is 0 Å². The summed E-state index contributed by atoms with van der Waals surface area (Å²) < 4.78 is 4.86. The fraction of sp³-hybridized carbons (Fsp3) is 1.00. The van der Waals surface area contributed by atoms with Gasteiger partial charge in [-0.25, -0.2) is 0 Å². The second kappa shape index (κ2) is 2.48. The Bertz CT molecular complexity index is 34.5. The van der Waals surface area contributed by atoms with Gasteiger partial charge in [-0.2, -0.15) is 13.5 Å². The van der Waals surface area contributed by atoms with Gasteiger partial charge in [0, 0.05) is 0 Å². The van der Waals surface area contributed by atoms with Crippen molar-refractivity contribution in [1.29, 1.82) is 0 Å². The molecule has 0 aromatic carbocycles. The molecule has 1 nitrogen and oxygen atoms in total. The van der Waals surface area contributed by atoms with Gasteiger partial charge >= 0.3 is 0 Å². The molecule has 6 heavy (non-hydrogen) atoms. The Morgan fingerprint density at radius 2 is 2.33 bits per heavy atom. The second-order valence-electron chi connectivity index (χ2n) is 1.36. The minimum atomic E-state index is 0. The zero-order valence-corrected chi connectivity index (χ0v) is 4.90. The van der Waals surface area contributed by atoms with Crippen molar-refractivity contribution in [2.24, 2.45) is 0 Å². The minimum Gasteiger partial charge on any atom is -0.373 e. The van der Waals surface area contributed by atoms with E-state index in [0.717, 1.165) is 6.61 Å². The van der Waals surface area contributed by atoms with E-state index in [1.165, 1.54) is 6.42 Å². The van der Waals surface area contributed by atoms with E-state index in [-0.39, 0.29) is 13.5 Å². The van der Waals surface area contributed by atoms with E-state index in [1.54, 1.807) is 0 Å². The molecule has 1 fully saturated rings. The van der Waals surface area contributed by atoms with Crippen molar-refractivity contribution in [3.8, 4) is 0 Å². The van der Waals surface area contributed by atoms with Crippen LogP contribution in [0.5, 0.6) is 0 Å². The largest absolute Gasteiger partial charge is 0.373 e. The van der Waals surface area contributed by atoms with Crippen molar-refractivity contribution in [3.63, 3.8) is 0 Å². The summed E-state index contributed by atoms with van der Waals surface area (Å²) in [6.07, 6.45) is 1.83. The van der Waals surface area contributed by atoms with Gasteiger partial charge in [0.05, 0.1) is 12.7 Å². The Hall–Kier alpha value is 0.310. The third-order valence-corrected chi connectivity index (χ3v) is 0.858. The Labute approximate surface area is 45.1 Å². The number of hydrogen-bond acceptors (Lipinski definition) is 1. The molecule has 0 unspecified atom stereocenters. The first-order valence-electron chi connectivity index (χ1n) is 2.05. The molecule has 1 rings (SSSR count). The Balaban J connectivity index is 0.000000250. The maximum atomic E-state index is 4.86. The third kappa shape index (κ3) is 1.67. The van der Waals surface area contributed by atoms with Crippen molar-refractivity contribution >= 4 is 13.5 Å². The quantitative estimate of drug-likeness (QED) is 0.453. The highest BCUT2D eigenvalue weighted by molar-refractivity contribution is 7.59. The third-order valence-electron chi connectivity index (χ3n) is 0.858. The van der Waals surface area contributed by atoms with Gasteiger partial charge in [-0.15, -0.1) is 0 Å². The average Bonchev–Trinajstić information content (AvgIpc) is 2.12. The van der Waals surface area contributed by atoms with E-state index in [0.29, 0.717) is 6.10 Å². The molecule has 1 aliphatic heterocycles. The molecule has 0 aromatic heterocycles. The molecule has 0 aliphatic carbocycles. The summed E-state index contributed by atoms with van der Waals surface area (Å²) in [5, 5.41) is 0. The molecule has 0 bridgehead atoms. The van der Waals surface area contributed by atoms with Crippen LogP contribution in [-0.2, 0) is 4.74 Å². The molecule has 38 valence electrons. The lowest BCUT2D eigenvalue weighted by atomic mass is 10.4. The lowest BCUT2D eigenvalue weighted by Gasteiger charge is -1.69. The zero-order valence-electron chi connectivity index (χ0n) is 3.90. The molecule has 2 heteroatoms. The summed E-state index contributed by atoms with van der Waals surface area (Å²) in [5.74, 6) is 0. The van der Waals surface area contributed by atoms with Crippen molar-refractivity contribution in [3.05, 3.63) is 0 Å². The van der Waals surface area contributed by atoms with E-state index in [9.17, 15) is 0 Å². The van der Waals surface area contributed by atoms with Crippen molar-refractivity contribution < 1.29 is 4.74 Å². The van der Waals surface area contributed by atoms with Gasteiger partial charge in [0.1, 0.15) is 0 Å². The van der Waals surface area contributed by atoms with E-state index in [4.69, 9.17) is 4.74 Å². The van der Waals surface area contributed by atoms with Gasteiger partial charge in [0.25, 0.3) is 0 Å². The SMILES string of the molecule is CC[C@H]1CO1.S. The smallest absolute Gasteiger partial charge is 0.0807 e. The highest BCUT2D eigenvalue weighted by Gasteiger charge is 2.18. The lowest BCUT2D eigenvalue weighted by Crippen LogP contribution is -1.73. The highest BCUT2D eigenvalue weighted by atomic mass is 32.1. The van der Waals surface area contributed by atoms with Crippen LogP contribution in [0.1, 0.15) is 13.3 Å². The molecule has 1 heterocycles. The molecule has 1 saturated heterocycles. The van der Waals surface area contributed by atoms with Crippen LogP contribution in [0.2, 0.25) is 0 Å². The topological polar surface area (TPSA) is 12.5 Å². The molecule has 1 atom stereocenters. The molecule has 1 aliphatic rings. The molecule has 0 N–H and O–H groups in total. The van der Waals surface area contributed by atoms with Crippen LogP contribution >= 0.6 is 13.5 Å². The van der Waals surface area contributed by atoms with Crippen LogP contribution in [0.3, 0.4) is 0 Å². The van der Waals surface area contributed by atoms with Crippen LogP contribution in [0.15, 0.2) is 0 Å². The van der Waals surface area contributed by atoms with Gasteiger partial charge in [0.15, 0.2) is 0 Å². The van der Waals surface area contributed by atoms with E-state index >= 15 is 0 Å². The number of ether oxygens (including phenoxy) is 1. The summed E-state index contributed by atoms with van der Waals surface area (Å²) >= 11 is 0. The highest BCUT2D eigenvalue weighted by Crippen LogP contribution is 2.10. The predicted molar refractivity (Wildman–Crippen MR) is 30.4 cm³/mol. The zero-order chi connectivity index (χ0) is 3.70. The fourth-order valence-electron chi connectivity index (χ4n) is 0.304. The van der Waals surface area contributed by atoms with Gasteiger partial charge in [-0.1, -0.05) is 6.92 Å². The first-order valence-corrected chi connectivity index (χ1v) is 2.05. The van der Waals surface area contributed by atoms with Gasteiger partial charge in [-0.05, 0) is 6.42 Å². The van der Waals surface area contributed by atoms with Crippen molar-refractivity contribution in [1.82, 2.24) is 0 Å². The summed E-state index contributed by atoms with van der Waals surface area (Å²) in [4.78, 5) is 0. The number of rotatable bonds is 1. The Morgan fingerprint density at radius 1 is 1.83 bits per heavy atom. The lowest BCUT2D eigenvalue weighted by molar-refractivity contribution is 0.403. The van der Waals surface area contributed by atoms with Crippen molar-refractivity contribution in [2.45, 2.75) is 19.4 Å². The molecular weight excluding hydrogens is 96.1 g/mol. The van der Waals surface area contributed by atoms with E-state index < -0.39 is 0 Å². The minimum absolute atomic E-state index is 0. The maximum Gasteiger partial charge on any atom is 0.0807 e. The normalized spacial score (nSPS) is 28.5. The molecular formula is C4H10OS. The monoisotopic (exact) mass is 106 g/mol. The van der Waals surface area contributed by atoms with Gasteiger partial charge in [0.2, 0.25) is 0 Å². The van der Waals surface area contributed by atoms with Gasteiger partial charge < -0.3 is 4.74 Å². The van der Waals surface area contributed by atoms with Crippen molar-refractivity contribution in [2.75, 3.05) is 6.61 Å². The molecule has 0 aromatic rings. The Kier molecular flexibility index (Phi) is 2.61.